The lowest BCUT2D eigenvalue weighted by Gasteiger charge is -2.31. The van der Waals surface area contributed by atoms with E-state index in [0.29, 0.717) is 5.92 Å². The summed E-state index contributed by atoms with van der Waals surface area (Å²) in [5.41, 5.74) is 16.8. The summed E-state index contributed by atoms with van der Waals surface area (Å²) in [4.78, 5) is 2.68. The maximum atomic E-state index is 7.02. The van der Waals surface area contributed by atoms with E-state index in [1.807, 2.05) is 0 Å². The zero-order chi connectivity index (χ0) is 34.7. The van der Waals surface area contributed by atoms with Crippen molar-refractivity contribution in [3.05, 3.63) is 154 Å². The van der Waals surface area contributed by atoms with E-state index >= 15 is 0 Å². The minimum Gasteiger partial charge on any atom is -0.460 e. The molecule has 2 aromatic heterocycles. The first-order chi connectivity index (χ1) is 25.4. The molecule has 3 heteroatoms. The maximum Gasteiger partial charge on any atom is 0.137 e. The number of benzene rings is 4. The molecule has 2 heterocycles. The quantitative estimate of drug-likeness (QED) is 0.186. The predicted molar refractivity (Wildman–Crippen MR) is 214 cm³/mol. The number of allylic oxidation sites excluding steroid dienone is 7. The number of rotatable bonds is 4. The number of hydrogen-bond acceptors (Lipinski definition) is 3. The van der Waals surface area contributed by atoms with Crippen LogP contribution < -0.4 is 4.90 Å². The summed E-state index contributed by atoms with van der Waals surface area (Å²) in [7, 11) is 0. The lowest BCUT2D eigenvalue weighted by molar-refractivity contribution is 0.515. The molecule has 0 aliphatic heterocycles. The molecule has 1 fully saturated rings. The summed E-state index contributed by atoms with van der Waals surface area (Å²) in [5.74, 6) is 2.85. The third-order valence-corrected chi connectivity index (χ3v) is 12.4. The Bertz CT molecular complexity index is 2580. The molecule has 0 amide bonds. The van der Waals surface area contributed by atoms with E-state index in [0.717, 1.165) is 55.5 Å². The van der Waals surface area contributed by atoms with Gasteiger partial charge in [-0.25, -0.2) is 0 Å². The van der Waals surface area contributed by atoms with E-state index < -0.39 is 0 Å². The molecule has 3 atom stereocenters. The van der Waals surface area contributed by atoms with Gasteiger partial charge in [-0.2, -0.15) is 0 Å². The number of anilines is 1. The van der Waals surface area contributed by atoms with Crippen molar-refractivity contribution in [2.75, 3.05) is 4.90 Å². The Morgan fingerprint density at radius 2 is 1.56 bits per heavy atom. The summed E-state index contributed by atoms with van der Waals surface area (Å²) < 4.78 is 13.9. The molecule has 11 rings (SSSR count). The largest absolute Gasteiger partial charge is 0.460 e. The molecule has 6 aromatic rings. The molecule has 3 unspecified atom stereocenters. The third kappa shape index (κ3) is 4.44. The summed E-state index contributed by atoms with van der Waals surface area (Å²) >= 11 is 0. The van der Waals surface area contributed by atoms with E-state index in [4.69, 9.17) is 8.83 Å². The van der Waals surface area contributed by atoms with Gasteiger partial charge < -0.3 is 13.7 Å². The monoisotopic (exact) mass is 677 g/mol. The van der Waals surface area contributed by atoms with E-state index in [-0.39, 0.29) is 17.4 Å². The molecule has 256 valence electrons. The minimum atomic E-state index is 0.0297. The van der Waals surface area contributed by atoms with Gasteiger partial charge in [0.1, 0.15) is 22.7 Å². The fourth-order valence-electron chi connectivity index (χ4n) is 10.1. The van der Waals surface area contributed by atoms with Crippen LogP contribution >= 0.6 is 0 Å². The maximum absolute atomic E-state index is 7.02. The molecule has 5 aliphatic carbocycles. The van der Waals surface area contributed by atoms with Crippen LogP contribution in [0.5, 0.6) is 0 Å². The van der Waals surface area contributed by atoms with E-state index in [1.54, 1.807) is 0 Å². The Labute approximate surface area is 305 Å². The number of fused-ring (bicyclic) bond motifs is 13. The van der Waals surface area contributed by atoms with Gasteiger partial charge in [-0.1, -0.05) is 106 Å². The lowest BCUT2D eigenvalue weighted by atomic mass is 9.80. The summed E-state index contributed by atoms with van der Waals surface area (Å²) in [6.45, 7) is 6.90. The topological polar surface area (TPSA) is 29.5 Å². The van der Waals surface area contributed by atoms with Crippen molar-refractivity contribution in [1.29, 1.82) is 0 Å². The SMILES string of the molecule is CC(C)(C)C1=CCCc2c1oc1cc(N(C3=CC(c4ccccc4)=CCC3)C3C4c5ccccc5-c5c(oc6ccc7c(c56)CCC=C7)C43)ccc21. The normalized spacial score (nSPS) is 21.4. The summed E-state index contributed by atoms with van der Waals surface area (Å²) in [6, 6.07) is 31.8. The Morgan fingerprint density at radius 3 is 2.44 bits per heavy atom. The predicted octanol–water partition coefficient (Wildman–Crippen LogP) is 13.0. The molecular weight excluding hydrogens is 635 g/mol. The first-order valence-electron chi connectivity index (χ1n) is 19.3. The molecule has 3 nitrogen and oxygen atoms in total. The summed E-state index contributed by atoms with van der Waals surface area (Å²) in [5, 5.41) is 2.59. The van der Waals surface area contributed by atoms with Gasteiger partial charge in [-0.05, 0) is 107 Å². The molecule has 0 N–H and O–H groups in total. The molecule has 5 aliphatic rings. The zero-order valence-corrected chi connectivity index (χ0v) is 30.2. The van der Waals surface area contributed by atoms with Crippen LogP contribution in [-0.2, 0) is 12.8 Å². The molecule has 0 spiro atoms. The van der Waals surface area contributed by atoms with Crippen LogP contribution in [0.25, 0.3) is 50.3 Å². The number of furan rings is 2. The van der Waals surface area contributed by atoms with Gasteiger partial charge in [0, 0.05) is 51.2 Å². The van der Waals surface area contributed by atoms with Crippen molar-refractivity contribution in [1.82, 2.24) is 0 Å². The fraction of sp³-hybridized carbons (Fsp3) is 0.265. The molecule has 1 saturated carbocycles. The Hall–Kier alpha value is -5.28. The highest BCUT2D eigenvalue weighted by atomic mass is 16.3. The molecule has 0 saturated heterocycles. The summed E-state index contributed by atoms with van der Waals surface area (Å²) in [6.07, 6.45) is 18.1. The molecule has 0 radical (unpaired) electrons. The second-order valence-corrected chi connectivity index (χ2v) is 16.5. The highest BCUT2D eigenvalue weighted by Crippen LogP contribution is 2.67. The van der Waals surface area contributed by atoms with Crippen LogP contribution in [0.4, 0.5) is 5.69 Å². The van der Waals surface area contributed by atoms with Crippen molar-refractivity contribution in [3.63, 3.8) is 0 Å². The van der Waals surface area contributed by atoms with Crippen LogP contribution in [0.3, 0.4) is 0 Å². The average molecular weight is 678 g/mol. The van der Waals surface area contributed by atoms with Gasteiger partial charge in [0.25, 0.3) is 0 Å². The van der Waals surface area contributed by atoms with Gasteiger partial charge in [-0.15, -0.1) is 0 Å². The van der Waals surface area contributed by atoms with Crippen molar-refractivity contribution >= 4 is 44.8 Å². The van der Waals surface area contributed by atoms with Crippen molar-refractivity contribution in [2.24, 2.45) is 5.41 Å². The number of hydrogen-bond donors (Lipinski definition) is 0. The second kappa shape index (κ2) is 11.1. The molecule has 52 heavy (non-hydrogen) atoms. The van der Waals surface area contributed by atoms with Crippen LogP contribution in [-0.4, -0.2) is 6.04 Å². The van der Waals surface area contributed by atoms with Crippen LogP contribution in [0, 0.1) is 5.41 Å². The van der Waals surface area contributed by atoms with Crippen LogP contribution in [0.15, 0.2) is 124 Å². The van der Waals surface area contributed by atoms with Crippen molar-refractivity contribution in [2.45, 2.75) is 77.2 Å². The fourth-order valence-corrected chi connectivity index (χ4v) is 10.1. The highest BCUT2D eigenvalue weighted by Gasteiger charge is 2.61. The van der Waals surface area contributed by atoms with Gasteiger partial charge in [-0.3, -0.25) is 0 Å². The molecule has 0 bridgehead atoms. The second-order valence-electron chi connectivity index (χ2n) is 16.5. The van der Waals surface area contributed by atoms with Gasteiger partial charge in [0.2, 0.25) is 0 Å². The van der Waals surface area contributed by atoms with Gasteiger partial charge in [0.15, 0.2) is 0 Å². The van der Waals surface area contributed by atoms with Gasteiger partial charge >= 0.3 is 0 Å². The van der Waals surface area contributed by atoms with Crippen LogP contribution in [0.2, 0.25) is 0 Å². The van der Waals surface area contributed by atoms with Crippen molar-refractivity contribution in [3.8, 4) is 11.1 Å². The van der Waals surface area contributed by atoms with E-state index in [2.05, 4.69) is 141 Å². The number of aryl methyl sites for hydroxylation is 2. The van der Waals surface area contributed by atoms with Gasteiger partial charge in [0.05, 0.1) is 6.04 Å². The average Bonchev–Trinajstić information content (AvgIpc) is 3.58. The zero-order valence-electron chi connectivity index (χ0n) is 30.2. The Balaban J connectivity index is 1.10. The molecule has 4 aromatic carbocycles. The van der Waals surface area contributed by atoms with Crippen molar-refractivity contribution < 1.29 is 8.83 Å². The smallest absolute Gasteiger partial charge is 0.137 e. The van der Waals surface area contributed by atoms with E-state index in [9.17, 15) is 0 Å². The Kier molecular flexibility index (Phi) is 6.49. The van der Waals surface area contributed by atoms with Crippen LogP contribution in [0.1, 0.15) is 97.6 Å². The third-order valence-electron chi connectivity index (χ3n) is 12.4. The first kappa shape index (κ1) is 30.4. The minimum absolute atomic E-state index is 0.0297. The van der Waals surface area contributed by atoms with E-state index in [1.165, 1.54) is 78.0 Å². The Morgan fingerprint density at radius 1 is 0.731 bits per heavy atom. The lowest BCUT2D eigenvalue weighted by Crippen LogP contribution is -2.27. The first-order valence-corrected chi connectivity index (χ1v) is 19.3. The number of nitrogens with zero attached hydrogens (tertiary/aromatic N) is 1. The molecular formula is C49H43NO2. The standard InChI is InChI=1S/C49H43NO2/c1-49(2,3)39-22-12-21-38-35-25-24-33(28-41(35)52-47(38)39)50(32-17-11-16-31(27-32)29-13-5-4-6-14-29)46-43-36-19-9-10-20-37(36)44-42-34-18-8-7-15-30(34)23-26-40(42)51-48(44)45(43)46/h4-7,9-10,13-16,19-20,22-28,43,45-46H,8,11-12,17-18,21H2,1-3H3. The highest BCUT2D eigenvalue weighted by molar-refractivity contribution is 6.03.